The molecule has 0 aliphatic heterocycles. The molecular formula is C36H33ClFN3O3SSi. The number of hydrogen-bond donors (Lipinski definition) is 1. The van der Waals surface area contributed by atoms with Gasteiger partial charge in [0.2, 0.25) is 0 Å². The molecule has 0 saturated carbocycles. The zero-order valence-corrected chi connectivity index (χ0v) is 28.5. The fourth-order valence-electron chi connectivity index (χ4n) is 5.62. The summed E-state index contributed by atoms with van der Waals surface area (Å²) in [5.74, 6) is 1.27. The van der Waals surface area contributed by atoms with Crippen molar-refractivity contribution in [3.63, 3.8) is 0 Å². The van der Waals surface area contributed by atoms with E-state index in [1.807, 2.05) is 53.2 Å². The predicted octanol–water partition coefficient (Wildman–Crippen LogP) is 8.75. The Bertz CT molecular complexity index is 1920. The summed E-state index contributed by atoms with van der Waals surface area (Å²) in [4.78, 5) is 8.89. The number of fused-ring (bicyclic) bond motifs is 1. The quantitative estimate of drug-likeness (QED) is 0.147. The maximum atomic E-state index is 15.6. The van der Waals surface area contributed by atoms with Gasteiger partial charge in [0, 0.05) is 17.5 Å². The monoisotopic (exact) mass is 669 g/mol. The van der Waals surface area contributed by atoms with Crippen LogP contribution in [0.15, 0.2) is 108 Å². The lowest BCUT2D eigenvalue weighted by molar-refractivity contribution is 0.285. The third kappa shape index (κ3) is 6.18. The van der Waals surface area contributed by atoms with Crippen molar-refractivity contribution in [3.05, 3.63) is 124 Å². The topological polar surface area (TPSA) is 65.5 Å². The van der Waals surface area contributed by atoms with Crippen LogP contribution >= 0.6 is 22.9 Å². The first-order chi connectivity index (χ1) is 22.2. The first-order valence-electron chi connectivity index (χ1n) is 14.7. The molecule has 6 aromatic rings. The molecule has 10 heteroatoms. The average Bonchev–Trinajstić information content (AvgIpc) is 3.58. The number of thiophene rings is 1. The molecule has 1 N–H and O–H groups in total. The maximum absolute atomic E-state index is 15.6. The summed E-state index contributed by atoms with van der Waals surface area (Å²) in [6.07, 6.45) is 1.42. The molecule has 0 radical (unpaired) electrons. The second-order valence-corrected chi connectivity index (χ2v) is 17.2. The van der Waals surface area contributed by atoms with Gasteiger partial charge in [-0.2, -0.15) is 11.3 Å². The van der Waals surface area contributed by atoms with Gasteiger partial charge in [0.1, 0.15) is 30.3 Å². The summed E-state index contributed by atoms with van der Waals surface area (Å²) in [6, 6.07) is 28.9. The molecule has 0 atom stereocenters. The highest BCUT2D eigenvalue weighted by molar-refractivity contribution is 7.08. The van der Waals surface area contributed by atoms with E-state index in [1.54, 1.807) is 36.6 Å². The number of hydrogen-bond acceptors (Lipinski definition) is 7. The third-order valence-electron chi connectivity index (χ3n) is 7.85. The van der Waals surface area contributed by atoms with Crippen molar-refractivity contribution in [2.45, 2.75) is 32.4 Å². The molecule has 6 rings (SSSR count). The molecule has 0 unspecified atom stereocenters. The van der Waals surface area contributed by atoms with Gasteiger partial charge in [-0.25, -0.2) is 14.4 Å². The van der Waals surface area contributed by atoms with Crippen molar-refractivity contribution in [3.8, 4) is 17.2 Å². The highest BCUT2D eigenvalue weighted by Gasteiger charge is 2.52. The van der Waals surface area contributed by atoms with Crippen molar-refractivity contribution in [1.82, 2.24) is 9.97 Å². The summed E-state index contributed by atoms with van der Waals surface area (Å²) >= 11 is 8.34. The first-order valence-corrected chi connectivity index (χ1v) is 18.0. The maximum Gasteiger partial charge on any atom is 0.320 e. The largest absolute Gasteiger partial charge is 0.533 e. The van der Waals surface area contributed by atoms with Gasteiger partial charge < -0.3 is 19.2 Å². The van der Waals surface area contributed by atoms with E-state index >= 15 is 4.39 Å². The summed E-state index contributed by atoms with van der Waals surface area (Å²) < 4.78 is 34.4. The molecule has 46 heavy (non-hydrogen) atoms. The number of nitrogens with zero attached hydrogens (tertiary/aromatic N) is 2. The predicted molar refractivity (Wildman–Crippen MR) is 188 cm³/mol. The van der Waals surface area contributed by atoms with Gasteiger partial charge in [0.05, 0.1) is 23.3 Å². The first kappa shape index (κ1) is 31.5. The normalized spacial score (nSPS) is 11.8. The van der Waals surface area contributed by atoms with Crippen LogP contribution in [0.1, 0.15) is 26.3 Å². The number of methoxy groups -OCH3 is 1. The van der Waals surface area contributed by atoms with Crippen molar-refractivity contribution in [2.75, 3.05) is 12.4 Å². The minimum Gasteiger partial charge on any atom is -0.533 e. The van der Waals surface area contributed by atoms with Crippen LogP contribution in [-0.2, 0) is 6.61 Å². The van der Waals surface area contributed by atoms with Gasteiger partial charge in [0.15, 0.2) is 11.5 Å². The summed E-state index contributed by atoms with van der Waals surface area (Å²) in [5.41, 5.74) is 1.83. The lowest BCUT2D eigenvalue weighted by atomic mass is 10.2. The van der Waals surface area contributed by atoms with Gasteiger partial charge >= 0.3 is 8.32 Å². The molecule has 0 spiro atoms. The minimum atomic E-state index is -3.03. The summed E-state index contributed by atoms with van der Waals surface area (Å²) in [7, 11) is -1.46. The standard InChI is InChI=1S/C36H33ClFN3O3SSi/c1-36(2,3)46(25-11-7-5-8-12-25,26-13-9-6-10-14-26)44-32-20-31(29(38)18-28(32)37)41-35-27-17-33(42-4)34(19-30(27)39-23-40-35)43-21-24-15-16-45-22-24/h5-20,22-23H,21H2,1-4H3,(H,39,40,41). The molecule has 2 aromatic heterocycles. The smallest absolute Gasteiger partial charge is 0.320 e. The molecule has 0 saturated heterocycles. The van der Waals surface area contributed by atoms with E-state index in [1.165, 1.54) is 12.4 Å². The van der Waals surface area contributed by atoms with Crippen molar-refractivity contribution in [2.24, 2.45) is 0 Å². The molecule has 0 fully saturated rings. The van der Waals surface area contributed by atoms with Crippen molar-refractivity contribution >= 4 is 64.0 Å². The zero-order chi connectivity index (χ0) is 32.3. The average molecular weight is 670 g/mol. The molecule has 2 heterocycles. The molecule has 0 bridgehead atoms. The highest BCUT2D eigenvalue weighted by Crippen LogP contribution is 2.42. The molecular weight excluding hydrogens is 637 g/mol. The van der Waals surface area contributed by atoms with Crippen molar-refractivity contribution < 1.29 is 18.3 Å². The number of anilines is 2. The summed E-state index contributed by atoms with van der Waals surface area (Å²) in [6.45, 7) is 6.92. The number of benzene rings is 4. The van der Waals surface area contributed by atoms with E-state index in [-0.39, 0.29) is 15.7 Å². The minimum absolute atomic E-state index is 0.161. The molecule has 234 valence electrons. The Labute approximate surface area is 277 Å². The number of rotatable bonds is 10. The van der Waals surface area contributed by atoms with E-state index in [0.717, 1.165) is 15.9 Å². The van der Waals surface area contributed by atoms with Crippen LogP contribution in [0.2, 0.25) is 10.1 Å². The fraction of sp³-hybridized carbons (Fsp3) is 0.167. The van der Waals surface area contributed by atoms with Gasteiger partial charge in [-0.1, -0.05) is 93.0 Å². The number of halogens is 2. The Morgan fingerprint density at radius 1 is 0.870 bits per heavy atom. The zero-order valence-electron chi connectivity index (χ0n) is 25.9. The van der Waals surface area contributed by atoms with E-state index in [2.05, 4.69) is 60.3 Å². The van der Waals surface area contributed by atoms with Gasteiger partial charge in [-0.15, -0.1) is 0 Å². The number of ether oxygens (including phenoxy) is 2. The van der Waals surface area contributed by atoms with Crippen LogP contribution in [0.4, 0.5) is 15.9 Å². The molecule has 6 nitrogen and oxygen atoms in total. The van der Waals surface area contributed by atoms with Crippen LogP contribution in [0.3, 0.4) is 0 Å². The summed E-state index contributed by atoms with van der Waals surface area (Å²) in [5, 5.41) is 9.85. The second kappa shape index (κ2) is 13.1. The van der Waals surface area contributed by atoms with E-state index < -0.39 is 14.1 Å². The van der Waals surface area contributed by atoms with Crippen LogP contribution in [-0.4, -0.2) is 25.4 Å². The number of nitrogens with one attached hydrogen (secondary N) is 1. The molecule has 0 aliphatic rings. The second-order valence-electron chi connectivity index (χ2n) is 11.8. The van der Waals surface area contributed by atoms with Crippen molar-refractivity contribution in [1.29, 1.82) is 0 Å². The highest BCUT2D eigenvalue weighted by atomic mass is 35.5. The number of aromatic nitrogens is 2. The Morgan fingerprint density at radius 2 is 1.57 bits per heavy atom. The molecule has 0 aliphatic carbocycles. The third-order valence-corrected chi connectivity index (χ3v) is 13.8. The van der Waals surface area contributed by atoms with Gasteiger partial charge in [-0.05, 0) is 49.9 Å². The van der Waals surface area contributed by atoms with E-state index in [0.29, 0.717) is 40.6 Å². The lowest BCUT2D eigenvalue weighted by Crippen LogP contribution is -2.68. The van der Waals surface area contributed by atoms with E-state index in [4.69, 9.17) is 25.5 Å². The van der Waals surface area contributed by atoms with Crippen LogP contribution in [0.25, 0.3) is 10.9 Å². The van der Waals surface area contributed by atoms with E-state index in [9.17, 15) is 0 Å². The molecule has 4 aromatic carbocycles. The van der Waals surface area contributed by atoms with Gasteiger partial charge in [0.25, 0.3) is 0 Å². The molecule has 0 amide bonds. The van der Waals surface area contributed by atoms with Crippen LogP contribution in [0, 0.1) is 5.82 Å². The Balaban J connectivity index is 1.40. The fourth-order valence-corrected chi connectivity index (χ4v) is 11.0. The SMILES string of the molecule is COc1cc2c(Nc3cc(O[Si](c4ccccc4)(c4ccccc4)C(C)(C)C)c(Cl)cc3F)ncnc2cc1OCc1ccsc1. The van der Waals surface area contributed by atoms with Gasteiger partial charge in [-0.3, -0.25) is 0 Å². The Hall–Kier alpha value is -4.44. The Morgan fingerprint density at radius 3 is 2.17 bits per heavy atom. The lowest BCUT2D eigenvalue weighted by Gasteiger charge is -2.43. The van der Waals surface area contributed by atoms with Crippen LogP contribution < -0.4 is 29.6 Å². The Kier molecular flexibility index (Phi) is 8.99. The van der Waals surface area contributed by atoms with Crippen LogP contribution in [0.5, 0.6) is 17.2 Å².